The molecule has 5 heteroatoms. The maximum Gasteiger partial charge on any atom is 0.137 e. The first-order valence-corrected chi connectivity index (χ1v) is 7.24. The van der Waals surface area contributed by atoms with Gasteiger partial charge in [-0.3, -0.25) is 4.98 Å². The van der Waals surface area contributed by atoms with Gasteiger partial charge in [-0.05, 0) is 43.8 Å². The highest BCUT2D eigenvalue weighted by atomic mass is 35.5. The van der Waals surface area contributed by atoms with Crippen molar-refractivity contribution in [3.05, 3.63) is 53.3 Å². The summed E-state index contributed by atoms with van der Waals surface area (Å²) in [6, 6.07) is 9.36. The van der Waals surface area contributed by atoms with Gasteiger partial charge < -0.3 is 14.8 Å². The Bertz CT molecular complexity index is 578. The van der Waals surface area contributed by atoms with Gasteiger partial charge in [0.05, 0.1) is 18.8 Å². The van der Waals surface area contributed by atoms with Crippen molar-refractivity contribution in [1.29, 1.82) is 0 Å². The molecule has 0 amide bonds. The molecule has 2 aromatic rings. The Kier molecular flexibility index (Phi) is 5.84. The third-order valence-corrected chi connectivity index (χ3v) is 3.24. The number of likely N-dealkylation sites (N-methyl/N-ethyl adjacent to an activating group) is 1. The van der Waals surface area contributed by atoms with Crippen LogP contribution in [0.25, 0.3) is 0 Å². The van der Waals surface area contributed by atoms with Crippen LogP contribution in [0.2, 0.25) is 5.02 Å². The topological polar surface area (TPSA) is 43.4 Å². The van der Waals surface area contributed by atoms with Crippen LogP contribution in [0, 0.1) is 0 Å². The SMILES string of the molecule is CCOc1cncc(C(COc2cccc(Cl)c2)NC)c1. The number of hydrogen-bond acceptors (Lipinski definition) is 4. The maximum absolute atomic E-state index is 5.94. The molecule has 0 saturated heterocycles. The molecule has 1 unspecified atom stereocenters. The number of halogens is 1. The fourth-order valence-electron chi connectivity index (χ4n) is 1.95. The van der Waals surface area contributed by atoms with E-state index in [0.717, 1.165) is 17.1 Å². The molecule has 1 atom stereocenters. The second-order valence-corrected chi connectivity index (χ2v) is 4.93. The molecule has 0 radical (unpaired) electrons. The van der Waals surface area contributed by atoms with Gasteiger partial charge in [0, 0.05) is 11.2 Å². The molecule has 0 aliphatic rings. The fourth-order valence-corrected chi connectivity index (χ4v) is 2.13. The number of aromatic nitrogens is 1. The van der Waals surface area contributed by atoms with Crippen LogP contribution in [0.15, 0.2) is 42.7 Å². The van der Waals surface area contributed by atoms with Gasteiger partial charge in [0.15, 0.2) is 0 Å². The number of hydrogen-bond donors (Lipinski definition) is 1. The van der Waals surface area contributed by atoms with Crippen LogP contribution < -0.4 is 14.8 Å². The number of benzene rings is 1. The zero-order valence-electron chi connectivity index (χ0n) is 12.2. The third-order valence-electron chi connectivity index (χ3n) is 3.01. The van der Waals surface area contributed by atoms with Gasteiger partial charge in [-0.15, -0.1) is 0 Å². The van der Waals surface area contributed by atoms with Crippen LogP contribution in [-0.4, -0.2) is 25.2 Å². The molecule has 0 bridgehead atoms. The molecule has 1 heterocycles. The first-order valence-electron chi connectivity index (χ1n) is 6.86. The lowest BCUT2D eigenvalue weighted by molar-refractivity contribution is 0.272. The van der Waals surface area contributed by atoms with E-state index >= 15 is 0 Å². The molecule has 0 aliphatic carbocycles. The summed E-state index contributed by atoms with van der Waals surface area (Å²) in [6.45, 7) is 3.05. The predicted octanol–water partition coefficient (Wildman–Crippen LogP) is 3.47. The van der Waals surface area contributed by atoms with Crippen LogP contribution in [0.4, 0.5) is 0 Å². The highest BCUT2D eigenvalue weighted by Crippen LogP contribution is 2.21. The van der Waals surface area contributed by atoms with E-state index < -0.39 is 0 Å². The lowest BCUT2D eigenvalue weighted by Crippen LogP contribution is -2.23. The van der Waals surface area contributed by atoms with Gasteiger partial charge in [-0.2, -0.15) is 0 Å². The molecule has 1 aromatic carbocycles. The Hall–Kier alpha value is -1.78. The van der Waals surface area contributed by atoms with Crippen LogP contribution >= 0.6 is 11.6 Å². The van der Waals surface area contributed by atoms with E-state index in [9.17, 15) is 0 Å². The molecule has 112 valence electrons. The highest BCUT2D eigenvalue weighted by molar-refractivity contribution is 6.30. The number of rotatable bonds is 7. The van der Waals surface area contributed by atoms with Gasteiger partial charge in [0.25, 0.3) is 0 Å². The first-order chi connectivity index (χ1) is 10.2. The summed E-state index contributed by atoms with van der Waals surface area (Å²) in [4.78, 5) is 4.20. The summed E-state index contributed by atoms with van der Waals surface area (Å²) < 4.78 is 11.2. The quantitative estimate of drug-likeness (QED) is 0.850. The molecule has 21 heavy (non-hydrogen) atoms. The maximum atomic E-state index is 5.94. The minimum Gasteiger partial charge on any atom is -0.492 e. The largest absolute Gasteiger partial charge is 0.492 e. The predicted molar refractivity (Wildman–Crippen MR) is 84.2 cm³/mol. The van der Waals surface area contributed by atoms with Crippen molar-refractivity contribution in [2.24, 2.45) is 0 Å². The van der Waals surface area contributed by atoms with E-state index in [1.54, 1.807) is 12.3 Å². The zero-order chi connectivity index (χ0) is 15.1. The Balaban J connectivity index is 2.04. The Labute approximate surface area is 130 Å². The average Bonchev–Trinajstić information content (AvgIpc) is 2.49. The minimum atomic E-state index is 0.0249. The Morgan fingerprint density at radius 2 is 2.05 bits per heavy atom. The number of pyridine rings is 1. The number of ether oxygens (including phenoxy) is 2. The lowest BCUT2D eigenvalue weighted by atomic mass is 10.1. The molecule has 0 fully saturated rings. The van der Waals surface area contributed by atoms with Crippen LogP contribution in [-0.2, 0) is 0 Å². The molecular formula is C16H19ClN2O2. The van der Waals surface area contributed by atoms with Crippen molar-refractivity contribution in [1.82, 2.24) is 10.3 Å². The zero-order valence-corrected chi connectivity index (χ0v) is 12.9. The van der Waals surface area contributed by atoms with E-state index in [1.807, 2.05) is 44.4 Å². The van der Waals surface area contributed by atoms with E-state index in [0.29, 0.717) is 18.2 Å². The van der Waals surface area contributed by atoms with Crippen LogP contribution in [0.1, 0.15) is 18.5 Å². The standard InChI is InChI=1S/C16H19ClN2O2/c1-3-20-15-7-12(9-19-10-15)16(18-2)11-21-14-6-4-5-13(17)8-14/h4-10,16,18H,3,11H2,1-2H3. The molecular weight excluding hydrogens is 288 g/mol. The van der Waals surface area contributed by atoms with Gasteiger partial charge in [-0.1, -0.05) is 17.7 Å². The molecule has 4 nitrogen and oxygen atoms in total. The van der Waals surface area contributed by atoms with E-state index in [-0.39, 0.29) is 6.04 Å². The van der Waals surface area contributed by atoms with Crippen molar-refractivity contribution in [3.63, 3.8) is 0 Å². The summed E-state index contributed by atoms with van der Waals surface area (Å²) in [6.07, 6.45) is 3.52. The van der Waals surface area contributed by atoms with Gasteiger partial charge in [0.1, 0.15) is 18.1 Å². The van der Waals surface area contributed by atoms with Crippen molar-refractivity contribution in [2.45, 2.75) is 13.0 Å². The van der Waals surface area contributed by atoms with Crippen molar-refractivity contribution >= 4 is 11.6 Å². The normalized spacial score (nSPS) is 12.0. The minimum absolute atomic E-state index is 0.0249. The molecule has 0 aliphatic heterocycles. The van der Waals surface area contributed by atoms with Crippen molar-refractivity contribution < 1.29 is 9.47 Å². The second kappa shape index (κ2) is 7.86. The summed E-state index contributed by atoms with van der Waals surface area (Å²) >= 11 is 5.94. The molecule has 1 aromatic heterocycles. The highest BCUT2D eigenvalue weighted by Gasteiger charge is 2.12. The first kappa shape index (κ1) is 15.6. The Morgan fingerprint density at radius 3 is 2.76 bits per heavy atom. The monoisotopic (exact) mass is 306 g/mol. The number of nitrogens with one attached hydrogen (secondary N) is 1. The van der Waals surface area contributed by atoms with Crippen LogP contribution in [0.5, 0.6) is 11.5 Å². The van der Waals surface area contributed by atoms with Crippen molar-refractivity contribution in [3.8, 4) is 11.5 Å². The van der Waals surface area contributed by atoms with Gasteiger partial charge in [-0.25, -0.2) is 0 Å². The van der Waals surface area contributed by atoms with Gasteiger partial charge in [0.2, 0.25) is 0 Å². The fraction of sp³-hybridized carbons (Fsp3) is 0.312. The summed E-state index contributed by atoms with van der Waals surface area (Å²) in [5.41, 5.74) is 1.02. The summed E-state index contributed by atoms with van der Waals surface area (Å²) in [7, 11) is 1.89. The molecule has 1 N–H and O–H groups in total. The van der Waals surface area contributed by atoms with Crippen molar-refractivity contribution in [2.75, 3.05) is 20.3 Å². The summed E-state index contributed by atoms with van der Waals surface area (Å²) in [5.74, 6) is 1.51. The van der Waals surface area contributed by atoms with E-state index in [4.69, 9.17) is 21.1 Å². The smallest absolute Gasteiger partial charge is 0.137 e. The average molecular weight is 307 g/mol. The van der Waals surface area contributed by atoms with Crippen LogP contribution in [0.3, 0.4) is 0 Å². The number of nitrogens with zero attached hydrogens (tertiary/aromatic N) is 1. The molecule has 2 rings (SSSR count). The lowest BCUT2D eigenvalue weighted by Gasteiger charge is -2.18. The molecule has 0 saturated carbocycles. The van der Waals surface area contributed by atoms with E-state index in [2.05, 4.69) is 10.3 Å². The third kappa shape index (κ3) is 4.62. The van der Waals surface area contributed by atoms with E-state index in [1.165, 1.54) is 0 Å². The second-order valence-electron chi connectivity index (χ2n) is 4.50. The summed E-state index contributed by atoms with van der Waals surface area (Å²) in [5, 5.41) is 3.88. The van der Waals surface area contributed by atoms with Gasteiger partial charge >= 0.3 is 0 Å². The Morgan fingerprint density at radius 1 is 1.19 bits per heavy atom. The molecule has 0 spiro atoms.